The Morgan fingerprint density at radius 3 is 2.83 bits per heavy atom. The third-order valence-electron chi connectivity index (χ3n) is 2.33. The van der Waals surface area contributed by atoms with Gasteiger partial charge in [0.2, 0.25) is 0 Å². The van der Waals surface area contributed by atoms with E-state index >= 15 is 0 Å². The van der Waals surface area contributed by atoms with Crippen molar-refractivity contribution < 1.29 is 4.42 Å². The number of rotatable bonds is 4. The Balaban J connectivity index is 1.88. The molecule has 3 aromatic rings. The first-order valence-corrected chi connectivity index (χ1v) is 7.32. The molecule has 0 saturated carbocycles. The maximum atomic E-state index is 5.33. The molecule has 3 rings (SSSR count). The van der Waals surface area contributed by atoms with Crippen LogP contribution in [-0.4, -0.2) is 16.5 Å². The van der Waals surface area contributed by atoms with E-state index in [4.69, 9.17) is 4.42 Å². The Labute approximate surface area is 112 Å². The van der Waals surface area contributed by atoms with Gasteiger partial charge in [0.15, 0.2) is 15.9 Å². The van der Waals surface area contributed by atoms with Crippen molar-refractivity contribution in [1.82, 2.24) is 9.97 Å². The molecule has 0 aliphatic rings. The lowest BCUT2D eigenvalue weighted by molar-refractivity contribution is 0.582. The van der Waals surface area contributed by atoms with Crippen molar-refractivity contribution in [1.29, 1.82) is 0 Å². The van der Waals surface area contributed by atoms with Crippen LogP contribution in [0.15, 0.2) is 33.6 Å². The first-order valence-electron chi connectivity index (χ1n) is 5.56. The van der Waals surface area contributed by atoms with Gasteiger partial charge in [-0.2, -0.15) is 0 Å². The molecule has 3 heterocycles. The zero-order valence-corrected chi connectivity index (χ0v) is 11.3. The number of thiazole rings is 2. The third-order valence-corrected chi connectivity index (χ3v) is 3.99. The van der Waals surface area contributed by atoms with E-state index in [2.05, 4.69) is 22.2 Å². The molecule has 0 unspecified atom stereocenters. The number of anilines is 1. The summed E-state index contributed by atoms with van der Waals surface area (Å²) in [6.07, 6.45) is 1.66. The van der Waals surface area contributed by atoms with Crippen molar-refractivity contribution in [3.8, 4) is 22.2 Å². The second-order valence-electron chi connectivity index (χ2n) is 3.58. The van der Waals surface area contributed by atoms with Crippen molar-refractivity contribution in [2.45, 2.75) is 6.92 Å². The van der Waals surface area contributed by atoms with Crippen LogP contribution in [0.1, 0.15) is 6.92 Å². The van der Waals surface area contributed by atoms with Crippen molar-refractivity contribution >= 4 is 27.8 Å². The van der Waals surface area contributed by atoms with Gasteiger partial charge in [0.1, 0.15) is 11.4 Å². The maximum absolute atomic E-state index is 5.33. The van der Waals surface area contributed by atoms with Crippen molar-refractivity contribution in [3.05, 3.63) is 29.2 Å². The largest absolute Gasteiger partial charge is 0.462 e. The smallest absolute Gasteiger partial charge is 0.183 e. The first kappa shape index (κ1) is 11.4. The highest BCUT2D eigenvalue weighted by atomic mass is 32.1. The van der Waals surface area contributed by atoms with Crippen molar-refractivity contribution in [2.75, 3.05) is 11.9 Å². The molecule has 92 valence electrons. The van der Waals surface area contributed by atoms with Gasteiger partial charge in [-0.25, -0.2) is 9.97 Å². The zero-order chi connectivity index (χ0) is 12.4. The molecule has 0 spiro atoms. The van der Waals surface area contributed by atoms with Gasteiger partial charge in [-0.05, 0) is 19.1 Å². The summed E-state index contributed by atoms with van der Waals surface area (Å²) in [7, 11) is 0. The van der Waals surface area contributed by atoms with E-state index in [0.29, 0.717) is 0 Å². The molecule has 6 heteroatoms. The summed E-state index contributed by atoms with van der Waals surface area (Å²) < 4.78 is 5.33. The predicted octanol–water partition coefficient (Wildman–Crippen LogP) is 3.96. The summed E-state index contributed by atoms with van der Waals surface area (Å²) in [5.74, 6) is 0.799. The van der Waals surface area contributed by atoms with Gasteiger partial charge in [0.05, 0.1) is 6.26 Å². The van der Waals surface area contributed by atoms with Crippen LogP contribution in [0.3, 0.4) is 0 Å². The van der Waals surface area contributed by atoms with E-state index in [9.17, 15) is 0 Å². The van der Waals surface area contributed by atoms with E-state index < -0.39 is 0 Å². The minimum absolute atomic E-state index is 0.799. The van der Waals surface area contributed by atoms with Crippen LogP contribution < -0.4 is 5.32 Å². The molecule has 18 heavy (non-hydrogen) atoms. The lowest BCUT2D eigenvalue weighted by Crippen LogP contribution is -1.94. The van der Waals surface area contributed by atoms with Crippen LogP contribution >= 0.6 is 22.7 Å². The van der Waals surface area contributed by atoms with Crippen LogP contribution in [0.2, 0.25) is 0 Å². The van der Waals surface area contributed by atoms with Crippen molar-refractivity contribution in [3.63, 3.8) is 0 Å². The highest BCUT2D eigenvalue weighted by Crippen LogP contribution is 2.30. The fraction of sp³-hybridized carbons (Fsp3) is 0.167. The zero-order valence-electron chi connectivity index (χ0n) is 9.71. The third kappa shape index (κ3) is 2.16. The van der Waals surface area contributed by atoms with Gasteiger partial charge in [-0.3, -0.25) is 0 Å². The molecule has 0 aromatic carbocycles. The van der Waals surface area contributed by atoms with Crippen LogP contribution in [-0.2, 0) is 0 Å². The van der Waals surface area contributed by atoms with Gasteiger partial charge < -0.3 is 9.73 Å². The Morgan fingerprint density at radius 2 is 2.06 bits per heavy atom. The first-order chi connectivity index (χ1) is 8.86. The minimum atomic E-state index is 0.799. The quantitative estimate of drug-likeness (QED) is 0.784. The standard InChI is InChI=1S/C12H11N3OS2/c1-2-13-12-15-9(7-18-12)8-6-17-11(14-8)10-4-3-5-16-10/h3-7H,2H2,1H3,(H,13,15). The maximum Gasteiger partial charge on any atom is 0.183 e. The van der Waals surface area contributed by atoms with Gasteiger partial charge in [0, 0.05) is 17.3 Å². The minimum Gasteiger partial charge on any atom is -0.462 e. The molecule has 4 nitrogen and oxygen atoms in total. The molecule has 0 fully saturated rings. The van der Waals surface area contributed by atoms with E-state index in [0.717, 1.165) is 33.8 Å². The van der Waals surface area contributed by atoms with Gasteiger partial charge in [0.25, 0.3) is 0 Å². The normalized spacial score (nSPS) is 10.7. The summed E-state index contributed by atoms with van der Waals surface area (Å²) in [4.78, 5) is 9.02. The summed E-state index contributed by atoms with van der Waals surface area (Å²) in [6.45, 7) is 2.93. The van der Waals surface area contributed by atoms with Crippen molar-refractivity contribution in [2.24, 2.45) is 0 Å². The molecule has 1 N–H and O–H groups in total. The topological polar surface area (TPSA) is 51.0 Å². The Hall–Kier alpha value is -1.66. The number of nitrogens with one attached hydrogen (secondary N) is 1. The molecule has 0 aliphatic heterocycles. The van der Waals surface area contributed by atoms with Crippen LogP contribution in [0.5, 0.6) is 0 Å². The van der Waals surface area contributed by atoms with E-state index in [1.807, 2.05) is 22.9 Å². The molecule has 0 amide bonds. The van der Waals surface area contributed by atoms with Crippen LogP contribution in [0.25, 0.3) is 22.2 Å². The molecular formula is C12H11N3OS2. The summed E-state index contributed by atoms with van der Waals surface area (Å²) in [6, 6.07) is 3.77. The molecule has 0 radical (unpaired) electrons. The van der Waals surface area contributed by atoms with E-state index in [1.165, 1.54) is 0 Å². The second-order valence-corrected chi connectivity index (χ2v) is 5.30. The average molecular weight is 277 g/mol. The van der Waals surface area contributed by atoms with E-state index in [-0.39, 0.29) is 0 Å². The second kappa shape index (κ2) is 4.91. The summed E-state index contributed by atoms with van der Waals surface area (Å²) in [5.41, 5.74) is 1.80. The number of hydrogen-bond acceptors (Lipinski definition) is 6. The fourth-order valence-corrected chi connectivity index (χ4v) is 3.08. The molecular weight excluding hydrogens is 266 g/mol. The summed E-state index contributed by atoms with van der Waals surface area (Å²) >= 11 is 3.16. The SMILES string of the molecule is CCNc1nc(-c2csc(-c3ccco3)n2)cs1. The van der Waals surface area contributed by atoms with Gasteiger partial charge >= 0.3 is 0 Å². The molecule has 0 aliphatic carbocycles. The highest BCUT2D eigenvalue weighted by Gasteiger charge is 2.11. The molecule has 0 saturated heterocycles. The Bertz CT molecular complexity index is 627. The summed E-state index contributed by atoms with van der Waals surface area (Å²) in [5, 5.41) is 9.03. The molecule has 3 aromatic heterocycles. The highest BCUT2D eigenvalue weighted by molar-refractivity contribution is 7.14. The number of nitrogens with zero attached hydrogens (tertiary/aromatic N) is 2. The van der Waals surface area contributed by atoms with Crippen LogP contribution in [0.4, 0.5) is 5.13 Å². The Kier molecular flexibility index (Phi) is 3.12. The monoisotopic (exact) mass is 277 g/mol. The fourth-order valence-electron chi connectivity index (χ4n) is 1.53. The number of furan rings is 1. The average Bonchev–Trinajstić information content (AvgIpc) is 3.10. The van der Waals surface area contributed by atoms with E-state index in [1.54, 1.807) is 28.9 Å². The molecule has 0 bridgehead atoms. The van der Waals surface area contributed by atoms with Crippen LogP contribution in [0, 0.1) is 0 Å². The van der Waals surface area contributed by atoms with Gasteiger partial charge in [-0.15, -0.1) is 22.7 Å². The van der Waals surface area contributed by atoms with Gasteiger partial charge in [-0.1, -0.05) is 0 Å². The number of hydrogen-bond donors (Lipinski definition) is 1. The predicted molar refractivity (Wildman–Crippen MR) is 75.1 cm³/mol. The lowest BCUT2D eigenvalue weighted by Gasteiger charge is -1.93. The Morgan fingerprint density at radius 1 is 1.22 bits per heavy atom. The number of aromatic nitrogens is 2. The molecule has 0 atom stereocenters. The lowest BCUT2D eigenvalue weighted by atomic mass is 10.4.